The van der Waals surface area contributed by atoms with Gasteiger partial charge in [-0.15, -0.1) is 0 Å². The van der Waals surface area contributed by atoms with Crippen LogP contribution >= 0.6 is 0 Å². The molecule has 2 bridgehead atoms. The first-order valence-corrected chi connectivity index (χ1v) is 9.56. The SMILES string of the molecule is Cc1cccc2c(N3C(=O)CC4C5CC(C(=O)N(C)C5=O)C4C3=O)cccc12. The molecule has 4 atom stereocenters. The number of carbonyl (C=O) groups is 4. The van der Waals surface area contributed by atoms with Gasteiger partial charge in [0.05, 0.1) is 17.5 Å². The third kappa shape index (κ3) is 2.08. The number of nitrogens with zero attached hydrogens (tertiary/aromatic N) is 2. The van der Waals surface area contributed by atoms with E-state index in [0.29, 0.717) is 12.1 Å². The third-order valence-corrected chi connectivity index (χ3v) is 6.74. The maximum Gasteiger partial charge on any atom is 0.238 e. The van der Waals surface area contributed by atoms with E-state index in [2.05, 4.69) is 0 Å². The molecule has 0 aromatic heterocycles. The van der Waals surface area contributed by atoms with Gasteiger partial charge in [0.1, 0.15) is 0 Å². The summed E-state index contributed by atoms with van der Waals surface area (Å²) in [6.07, 6.45) is 0.492. The number of rotatable bonds is 1. The Morgan fingerprint density at radius 1 is 0.857 bits per heavy atom. The highest BCUT2D eigenvalue weighted by atomic mass is 16.2. The Kier molecular flexibility index (Phi) is 3.50. The van der Waals surface area contributed by atoms with Gasteiger partial charge >= 0.3 is 0 Å². The van der Waals surface area contributed by atoms with E-state index in [9.17, 15) is 19.2 Å². The number of fused-ring (bicyclic) bond motifs is 6. The molecule has 2 aromatic carbocycles. The van der Waals surface area contributed by atoms with Crippen LogP contribution in [0.3, 0.4) is 0 Å². The molecular formula is C22H20N2O4. The summed E-state index contributed by atoms with van der Waals surface area (Å²) in [5.41, 5.74) is 1.62. The Bertz CT molecular complexity index is 1080. The smallest absolute Gasteiger partial charge is 0.238 e. The van der Waals surface area contributed by atoms with Crippen LogP contribution < -0.4 is 4.90 Å². The lowest BCUT2D eigenvalue weighted by Gasteiger charge is -2.35. The Morgan fingerprint density at radius 2 is 1.54 bits per heavy atom. The summed E-state index contributed by atoms with van der Waals surface area (Å²) in [6.45, 7) is 1.99. The Balaban J connectivity index is 1.62. The maximum absolute atomic E-state index is 13.5. The van der Waals surface area contributed by atoms with E-state index < -0.39 is 17.8 Å². The first kappa shape index (κ1) is 17.1. The van der Waals surface area contributed by atoms with Gasteiger partial charge in [-0.3, -0.25) is 24.1 Å². The molecule has 1 saturated carbocycles. The molecule has 4 amide bonds. The maximum atomic E-state index is 13.5. The number of hydrogen-bond acceptors (Lipinski definition) is 4. The molecule has 2 aromatic rings. The monoisotopic (exact) mass is 376 g/mol. The number of aryl methyl sites for hydroxylation is 1. The van der Waals surface area contributed by atoms with E-state index in [1.165, 1.54) is 11.9 Å². The molecule has 28 heavy (non-hydrogen) atoms. The van der Waals surface area contributed by atoms with E-state index >= 15 is 0 Å². The van der Waals surface area contributed by atoms with Gasteiger partial charge in [-0.1, -0.05) is 30.3 Å². The topological polar surface area (TPSA) is 74.8 Å². The van der Waals surface area contributed by atoms with Crippen molar-refractivity contribution in [1.82, 2.24) is 4.90 Å². The number of likely N-dealkylation sites (tertiary alicyclic amines) is 1. The minimum atomic E-state index is -0.607. The Hall–Kier alpha value is -3.02. The van der Waals surface area contributed by atoms with Crippen molar-refractivity contribution in [3.63, 3.8) is 0 Å². The zero-order chi connectivity index (χ0) is 19.7. The summed E-state index contributed by atoms with van der Waals surface area (Å²) in [5.74, 6) is -3.12. The number of carbonyl (C=O) groups excluding carboxylic acids is 4. The van der Waals surface area contributed by atoms with Crippen molar-refractivity contribution in [2.24, 2.45) is 23.7 Å². The summed E-state index contributed by atoms with van der Waals surface area (Å²) >= 11 is 0. The summed E-state index contributed by atoms with van der Waals surface area (Å²) in [7, 11) is 1.47. The number of hydrogen-bond donors (Lipinski definition) is 0. The van der Waals surface area contributed by atoms with Crippen molar-refractivity contribution in [3.8, 4) is 0 Å². The van der Waals surface area contributed by atoms with Crippen LogP contribution in [-0.2, 0) is 19.2 Å². The highest BCUT2D eigenvalue weighted by Crippen LogP contribution is 2.51. The van der Waals surface area contributed by atoms with Crippen LogP contribution in [0.2, 0.25) is 0 Å². The quantitative estimate of drug-likeness (QED) is 0.716. The van der Waals surface area contributed by atoms with Crippen LogP contribution in [0.25, 0.3) is 10.8 Å². The van der Waals surface area contributed by atoms with Gasteiger partial charge in [0.2, 0.25) is 23.6 Å². The van der Waals surface area contributed by atoms with Crippen molar-refractivity contribution >= 4 is 40.1 Å². The molecule has 2 saturated heterocycles. The zero-order valence-corrected chi connectivity index (χ0v) is 15.7. The lowest BCUT2D eigenvalue weighted by atomic mass is 9.80. The van der Waals surface area contributed by atoms with Crippen LogP contribution in [-0.4, -0.2) is 35.6 Å². The van der Waals surface area contributed by atoms with Gasteiger partial charge in [-0.25, -0.2) is 4.90 Å². The molecule has 6 nitrogen and oxygen atoms in total. The van der Waals surface area contributed by atoms with E-state index in [1.54, 1.807) is 6.07 Å². The van der Waals surface area contributed by atoms with Crippen molar-refractivity contribution in [2.75, 3.05) is 11.9 Å². The second-order valence-electron chi connectivity index (χ2n) is 8.09. The second kappa shape index (κ2) is 5.74. The third-order valence-electron chi connectivity index (χ3n) is 6.74. The lowest BCUT2D eigenvalue weighted by molar-refractivity contribution is -0.152. The van der Waals surface area contributed by atoms with Gasteiger partial charge in [0.15, 0.2) is 0 Å². The fourth-order valence-corrected chi connectivity index (χ4v) is 5.38. The van der Waals surface area contributed by atoms with Crippen molar-refractivity contribution in [3.05, 3.63) is 42.0 Å². The highest BCUT2D eigenvalue weighted by molar-refractivity contribution is 6.22. The molecule has 2 aliphatic heterocycles. The van der Waals surface area contributed by atoms with Crippen molar-refractivity contribution in [2.45, 2.75) is 19.8 Å². The predicted octanol–water partition coefficient (Wildman–Crippen LogP) is 2.28. The summed E-state index contributed by atoms with van der Waals surface area (Å²) < 4.78 is 0. The summed E-state index contributed by atoms with van der Waals surface area (Å²) in [6, 6.07) is 11.4. The first-order chi connectivity index (χ1) is 13.4. The van der Waals surface area contributed by atoms with Gasteiger partial charge < -0.3 is 0 Å². The molecule has 0 spiro atoms. The largest absolute Gasteiger partial charge is 0.285 e. The molecule has 5 rings (SSSR count). The molecule has 6 heteroatoms. The van der Waals surface area contributed by atoms with E-state index in [4.69, 9.17) is 0 Å². The lowest BCUT2D eigenvalue weighted by Crippen LogP contribution is -2.50. The zero-order valence-electron chi connectivity index (χ0n) is 15.7. The Labute approximate surface area is 162 Å². The number of imide groups is 2. The summed E-state index contributed by atoms with van der Waals surface area (Å²) in [4.78, 5) is 54.0. The van der Waals surface area contributed by atoms with Crippen LogP contribution in [0.4, 0.5) is 5.69 Å². The predicted molar refractivity (Wildman–Crippen MR) is 102 cm³/mol. The van der Waals surface area contributed by atoms with Crippen LogP contribution in [0.1, 0.15) is 18.4 Å². The molecule has 142 valence electrons. The van der Waals surface area contributed by atoms with Gasteiger partial charge in [-0.05, 0) is 36.3 Å². The molecule has 0 radical (unpaired) electrons. The summed E-state index contributed by atoms with van der Waals surface area (Å²) in [5, 5.41) is 1.82. The minimum absolute atomic E-state index is 0.118. The van der Waals surface area contributed by atoms with Crippen LogP contribution in [0.5, 0.6) is 0 Å². The molecular weight excluding hydrogens is 356 g/mol. The first-order valence-electron chi connectivity index (χ1n) is 9.56. The van der Waals surface area contributed by atoms with Gasteiger partial charge in [0.25, 0.3) is 0 Å². The van der Waals surface area contributed by atoms with E-state index in [-0.39, 0.29) is 36.0 Å². The van der Waals surface area contributed by atoms with Crippen LogP contribution in [0, 0.1) is 30.6 Å². The number of anilines is 1. The molecule has 3 fully saturated rings. The average molecular weight is 376 g/mol. The highest BCUT2D eigenvalue weighted by Gasteiger charge is 2.61. The van der Waals surface area contributed by atoms with Gasteiger partial charge in [-0.2, -0.15) is 0 Å². The fraction of sp³-hybridized carbons (Fsp3) is 0.364. The fourth-order valence-electron chi connectivity index (χ4n) is 5.38. The van der Waals surface area contributed by atoms with E-state index in [1.807, 2.05) is 37.3 Å². The van der Waals surface area contributed by atoms with Crippen molar-refractivity contribution < 1.29 is 19.2 Å². The minimum Gasteiger partial charge on any atom is -0.285 e. The molecule has 4 unspecified atom stereocenters. The van der Waals surface area contributed by atoms with Crippen molar-refractivity contribution in [1.29, 1.82) is 0 Å². The van der Waals surface area contributed by atoms with Gasteiger partial charge in [0, 0.05) is 24.8 Å². The molecule has 1 aliphatic carbocycles. The number of piperidine rings is 2. The van der Waals surface area contributed by atoms with E-state index in [0.717, 1.165) is 21.2 Å². The number of amides is 4. The average Bonchev–Trinajstić information content (AvgIpc) is 3.03. The van der Waals surface area contributed by atoms with Crippen LogP contribution in [0.15, 0.2) is 36.4 Å². The normalized spacial score (nSPS) is 29.6. The second-order valence-corrected chi connectivity index (χ2v) is 8.09. The molecule has 2 heterocycles. The number of benzene rings is 2. The molecule has 0 N–H and O–H groups in total. The Morgan fingerprint density at radius 3 is 2.32 bits per heavy atom. The molecule has 3 aliphatic rings. The standard InChI is InChI=1S/C22H20N2O4/c1-11-5-3-7-13-12(11)6-4-8-17(13)24-18(25)10-14-15-9-16(19(14)22(24)28)21(27)23(2)20(15)26/h3-8,14-16,19H,9-10H2,1-2H3.